The SMILES string of the molecule is C=CCN1CCC2(c3cccc(OC(C)=O)c3)CC(NC(=O)OCc3ccccc3)CCC2C1. The van der Waals surface area contributed by atoms with Crippen LogP contribution < -0.4 is 10.1 Å². The number of ether oxygens (including phenoxy) is 2. The zero-order chi connectivity index (χ0) is 24.0. The van der Waals surface area contributed by atoms with Crippen molar-refractivity contribution in [1.29, 1.82) is 0 Å². The van der Waals surface area contributed by atoms with E-state index in [-0.39, 0.29) is 30.1 Å². The van der Waals surface area contributed by atoms with Gasteiger partial charge >= 0.3 is 12.1 Å². The van der Waals surface area contributed by atoms with Crippen LogP contribution in [0.2, 0.25) is 0 Å². The number of hydrogen-bond donors (Lipinski definition) is 1. The molecule has 34 heavy (non-hydrogen) atoms. The molecule has 1 heterocycles. The Morgan fingerprint density at radius 2 is 2.00 bits per heavy atom. The fraction of sp³-hybridized carbons (Fsp3) is 0.429. The molecule has 2 aliphatic rings. The van der Waals surface area contributed by atoms with E-state index in [0.717, 1.165) is 50.9 Å². The number of benzene rings is 2. The Bertz CT molecular complexity index is 1010. The van der Waals surface area contributed by atoms with Crippen LogP contribution in [0.3, 0.4) is 0 Å². The van der Waals surface area contributed by atoms with Crippen molar-refractivity contribution >= 4 is 12.1 Å². The first-order valence-corrected chi connectivity index (χ1v) is 12.1. The molecule has 2 aromatic rings. The second-order valence-corrected chi connectivity index (χ2v) is 9.46. The third-order valence-corrected chi connectivity index (χ3v) is 7.20. The summed E-state index contributed by atoms with van der Waals surface area (Å²) in [4.78, 5) is 26.6. The first kappa shape index (κ1) is 24.0. The lowest BCUT2D eigenvalue weighted by atomic mass is 9.58. The molecule has 1 saturated carbocycles. The highest BCUT2D eigenvalue weighted by atomic mass is 16.5. The molecule has 2 fully saturated rings. The molecule has 4 rings (SSSR count). The smallest absolute Gasteiger partial charge is 0.407 e. The number of likely N-dealkylation sites (tertiary alicyclic amines) is 1. The van der Waals surface area contributed by atoms with E-state index >= 15 is 0 Å². The molecule has 1 amide bonds. The maximum atomic E-state index is 12.6. The van der Waals surface area contributed by atoms with Crippen molar-refractivity contribution in [3.63, 3.8) is 0 Å². The van der Waals surface area contributed by atoms with Crippen LogP contribution >= 0.6 is 0 Å². The molecule has 6 nitrogen and oxygen atoms in total. The second-order valence-electron chi connectivity index (χ2n) is 9.46. The van der Waals surface area contributed by atoms with E-state index in [4.69, 9.17) is 9.47 Å². The van der Waals surface area contributed by atoms with Gasteiger partial charge in [0.2, 0.25) is 0 Å². The van der Waals surface area contributed by atoms with E-state index < -0.39 is 0 Å². The molecule has 1 N–H and O–H groups in total. The van der Waals surface area contributed by atoms with Crippen LogP contribution in [0.25, 0.3) is 0 Å². The summed E-state index contributed by atoms with van der Waals surface area (Å²) in [7, 11) is 0. The molecule has 6 heteroatoms. The number of esters is 1. The van der Waals surface area contributed by atoms with Crippen LogP contribution in [0.1, 0.15) is 43.7 Å². The van der Waals surface area contributed by atoms with Crippen LogP contribution in [0.15, 0.2) is 67.3 Å². The average Bonchev–Trinajstić information content (AvgIpc) is 2.83. The normalized spacial score (nSPS) is 24.5. The molecule has 3 unspecified atom stereocenters. The molecule has 1 aliphatic carbocycles. The number of carbonyl (C=O) groups is 2. The first-order valence-electron chi connectivity index (χ1n) is 12.1. The van der Waals surface area contributed by atoms with Gasteiger partial charge in [0.25, 0.3) is 0 Å². The van der Waals surface area contributed by atoms with E-state index in [0.29, 0.717) is 11.7 Å². The van der Waals surface area contributed by atoms with Crippen LogP contribution in [0, 0.1) is 5.92 Å². The zero-order valence-electron chi connectivity index (χ0n) is 19.9. The Morgan fingerprint density at radius 1 is 1.18 bits per heavy atom. The highest BCUT2D eigenvalue weighted by molar-refractivity contribution is 5.69. The highest BCUT2D eigenvalue weighted by Crippen LogP contribution is 2.49. The molecule has 180 valence electrons. The lowest BCUT2D eigenvalue weighted by molar-refractivity contribution is -0.131. The van der Waals surface area contributed by atoms with Crippen molar-refractivity contribution in [2.24, 2.45) is 5.92 Å². The number of piperidine rings is 1. The molecular weight excluding hydrogens is 428 g/mol. The predicted octanol–water partition coefficient (Wildman–Crippen LogP) is 4.84. The molecule has 1 saturated heterocycles. The second kappa shape index (κ2) is 10.9. The van der Waals surface area contributed by atoms with Gasteiger partial charge in [-0.2, -0.15) is 0 Å². The number of fused-ring (bicyclic) bond motifs is 1. The molecule has 0 radical (unpaired) electrons. The van der Waals surface area contributed by atoms with Crippen LogP contribution in [-0.4, -0.2) is 42.6 Å². The number of hydrogen-bond acceptors (Lipinski definition) is 5. The maximum absolute atomic E-state index is 12.6. The summed E-state index contributed by atoms with van der Waals surface area (Å²) in [6.45, 7) is 8.43. The Morgan fingerprint density at radius 3 is 2.76 bits per heavy atom. The minimum Gasteiger partial charge on any atom is -0.445 e. The molecule has 0 aromatic heterocycles. The van der Waals surface area contributed by atoms with Crippen molar-refractivity contribution in [1.82, 2.24) is 10.2 Å². The van der Waals surface area contributed by atoms with Crippen LogP contribution in [0.5, 0.6) is 5.75 Å². The van der Waals surface area contributed by atoms with E-state index in [1.807, 2.05) is 54.6 Å². The molecule has 3 atom stereocenters. The third kappa shape index (κ3) is 5.68. The summed E-state index contributed by atoms with van der Waals surface area (Å²) >= 11 is 0. The minimum atomic E-state index is -0.375. The fourth-order valence-corrected chi connectivity index (χ4v) is 5.66. The standard InChI is InChI=1S/C28H34N2O4/c1-3-15-30-16-14-28(23-10-7-11-26(17-23)34-21(2)31)18-25(13-12-24(28)19-30)29-27(32)33-20-22-8-5-4-6-9-22/h3-11,17,24-25H,1,12-16,18-20H2,2H3,(H,29,32). The number of rotatable bonds is 7. The monoisotopic (exact) mass is 462 g/mol. The summed E-state index contributed by atoms with van der Waals surface area (Å²) in [5, 5.41) is 3.12. The molecule has 0 bridgehead atoms. The molecule has 0 spiro atoms. The van der Waals surface area contributed by atoms with Crippen molar-refractivity contribution in [3.05, 3.63) is 78.4 Å². The largest absolute Gasteiger partial charge is 0.445 e. The van der Waals surface area contributed by atoms with E-state index in [1.165, 1.54) is 12.5 Å². The van der Waals surface area contributed by atoms with E-state index in [2.05, 4.69) is 22.9 Å². The van der Waals surface area contributed by atoms with Gasteiger partial charge in [-0.25, -0.2) is 4.79 Å². The van der Waals surface area contributed by atoms with Gasteiger partial charge in [-0.3, -0.25) is 9.69 Å². The van der Waals surface area contributed by atoms with Crippen molar-refractivity contribution in [2.45, 2.75) is 50.7 Å². The fourth-order valence-electron chi connectivity index (χ4n) is 5.66. The number of alkyl carbamates (subject to hydrolysis) is 1. The molecular formula is C28H34N2O4. The summed E-state index contributed by atoms with van der Waals surface area (Å²) in [6, 6.07) is 17.7. The summed E-state index contributed by atoms with van der Waals surface area (Å²) in [6.07, 6.45) is 5.33. The van der Waals surface area contributed by atoms with Crippen molar-refractivity contribution in [3.8, 4) is 5.75 Å². The summed E-state index contributed by atoms with van der Waals surface area (Å²) in [5.41, 5.74) is 2.05. The number of nitrogens with one attached hydrogen (secondary N) is 1. The minimum absolute atomic E-state index is 0.0304. The summed E-state index contributed by atoms with van der Waals surface area (Å²) < 4.78 is 10.9. The zero-order valence-corrected chi connectivity index (χ0v) is 19.9. The Balaban J connectivity index is 1.50. The van der Waals surface area contributed by atoms with Gasteiger partial charge in [0.1, 0.15) is 12.4 Å². The first-order chi connectivity index (χ1) is 16.5. The number of amides is 1. The van der Waals surface area contributed by atoms with Crippen molar-refractivity contribution in [2.75, 3.05) is 19.6 Å². The van der Waals surface area contributed by atoms with Gasteiger partial charge in [0.15, 0.2) is 0 Å². The van der Waals surface area contributed by atoms with Crippen LogP contribution in [-0.2, 0) is 21.6 Å². The Hall–Kier alpha value is -3.12. The lowest BCUT2D eigenvalue weighted by Crippen LogP contribution is -2.56. The quantitative estimate of drug-likeness (QED) is 0.362. The predicted molar refractivity (Wildman–Crippen MR) is 132 cm³/mol. The highest BCUT2D eigenvalue weighted by Gasteiger charge is 2.48. The Kier molecular flexibility index (Phi) is 7.68. The van der Waals surface area contributed by atoms with Gasteiger partial charge in [0.05, 0.1) is 0 Å². The van der Waals surface area contributed by atoms with Gasteiger partial charge < -0.3 is 14.8 Å². The summed E-state index contributed by atoms with van der Waals surface area (Å²) in [5.74, 6) is 0.701. The maximum Gasteiger partial charge on any atom is 0.407 e. The third-order valence-electron chi connectivity index (χ3n) is 7.20. The van der Waals surface area contributed by atoms with Gasteiger partial charge in [-0.05, 0) is 61.4 Å². The Labute approximate surface area is 201 Å². The molecule has 2 aromatic carbocycles. The van der Waals surface area contributed by atoms with Gasteiger partial charge in [-0.1, -0.05) is 48.5 Å². The molecule has 1 aliphatic heterocycles. The van der Waals surface area contributed by atoms with Crippen molar-refractivity contribution < 1.29 is 19.1 Å². The average molecular weight is 463 g/mol. The van der Waals surface area contributed by atoms with Gasteiger partial charge in [0, 0.05) is 31.5 Å². The van der Waals surface area contributed by atoms with Gasteiger partial charge in [-0.15, -0.1) is 6.58 Å². The van der Waals surface area contributed by atoms with Crippen LogP contribution in [0.4, 0.5) is 4.79 Å². The number of nitrogens with zero attached hydrogens (tertiary/aromatic N) is 1. The van der Waals surface area contributed by atoms with E-state index in [1.54, 1.807) is 0 Å². The van der Waals surface area contributed by atoms with E-state index in [9.17, 15) is 9.59 Å². The number of carbonyl (C=O) groups excluding carboxylic acids is 2. The topological polar surface area (TPSA) is 67.9 Å². The lowest BCUT2D eigenvalue weighted by Gasteiger charge is -2.53.